The monoisotopic (exact) mass is 333 g/mol. The normalized spacial score (nSPS) is 19.7. The summed E-state index contributed by atoms with van der Waals surface area (Å²) in [5.74, 6) is -0.275. The van der Waals surface area contributed by atoms with Crippen molar-refractivity contribution in [3.8, 4) is 0 Å². The second kappa shape index (κ2) is 7.88. The van der Waals surface area contributed by atoms with Gasteiger partial charge in [0.05, 0.1) is 25.5 Å². The number of aliphatic hydroxyl groups is 1. The van der Waals surface area contributed by atoms with Gasteiger partial charge in [-0.15, -0.1) is 0 Å². The Morgan fingerprint density at radius 1 is 1.42 bits per heavy atom. The number of hydrogen-bond acceptors (Lipinski definition) is 4. The second-order valence-electron chi connectivity index (χ2n) is 6.36. The Labute approximate surface area is 141 Å². The number of β-amino-alcohol motifs (C(OH)–C–C–N with tert-alkyl or cyclic N) is 1. The Morgan fingerprint density at radius 2 is 2.25 bits per heavy atom. The average Bonchev–Trinajstić information content (AvgIpc) is 3.18. The maximum absolute atomic E-state index is 13.5. The summed E-state index contributed by atoms with van der Waals surface area (Å²) >= 11 is 0. The summed E-state index contributed by atoms with van der Waals surface area (Å²) < 4.78 is 20.8. The first-order valence-corrected chi connectivity index (χ1v) is 8.35. The van der Waals surface area contributed by atoms with E-state index in [-0.39, 0.29) is 19.0 Å². The van der Waals surface area contributed by atoms with Crippen LogP contribution in [0.2, 0.25) is 0 Å². The van der Waals surface area contributed by atoms with E-state index in [1.807, 2.05) is 19.4 Å². The molecule has 130 valence electrons. The highest BCUT2D eigenvalue weighted by molar-refractivity contribution is 5.16. The number of aryl methyl sites for hydroxylation is 1. The lowest BCUT2D eigenvalue weighted by atomic mass is 10.1. The predicted molar refractivity (Wildman–Crippen MR) is 88.8 cm³/mol. The highest BCUT2D eigenvalue weighted by atomic mass is 19.1. The van der Waals surface area contributed by atoms with E-state index in [0.717, 1.165) is 19.4 Å². The van der Waals surface area contributed by atoms with E-state index < -0.39 is 6.10 Å². The maximum atomic E-state index is 13.5. The van der Waals surface area contributed by atoms with Crippen molar-refractivity contribution in [2.45, 2.75) is 31.6 Å². The van der Waals surface area contributed by atoms with Crippen LogP contribution in [0.1, 0.15) is 30.0 Å². The summed E-state index contributed by atoms with van der Waals surface area (Å²) in [5, 5.41) is 14.5. The van der Waals surface area contributed by atoms with Crippen molar-refractivity contribution in [3.63, 3.8) is 0 Å². The molecule has 2 atom stereocenters. The predicted octanol–water partition coefficient (Wildman–Crippen LogP) is 2.27. The van der Waals surface area contributed by atoms with Gasteiger partial charge >= 0.3 is 0 Å². The molecule has 0 unspecified atom stereocenters. The zero-order valence-electron chi connectivity index (χ0n) is 13.9. The number of likely N-dealkylation sites (tertiary alicyclic amines) is 1. The van der Waals surface area contributed by atoms with Crippen molar-refractivity contribution in [3.05, 3.63) is 53.6 Å². The zero-order valence-corrected chi connectivity index (χ0v) is 13.9. The summed E-state index contributed by atoms with van der Waals surface area (Å²) in [7, 11) is 1.91. The molecule has 1 aromatic heterocycles. The molecular formula is C18H24FN3O2. The van der Waals surface area contributed by atoms with Gasteiger partial charge in [-0.05, 0) is 25.5 Å². The molecule has 1 N–H and O–H groups in total. The molecule has 2 heterocycles. The molecule has 0 radical (unpaired) electrons. The lowest BCUT2D eigenvalue weighted by Crippen LogP contribution is -2.34. The third-order valence-corrected chi connectivity index (χ3v) is 4.44. The third-order valence-electron chi connectivity index (χ3n) is 4.44. The number of benzene rings is 1. The largest absolute Gasteiger partial charge is 0.389 e. The molecule has 2 aromatic rings. The van der Waals surface area contributed by atoms with E-state index in [2.05, 4.69) is 10.00 Å². The van der Waals surface area contributed by atoms with Gasteiger partial charge in [0.2, 0.25) is 0 Å². The van der Waals surface area contributed by atoms with Crippen LogP contribution in [0.25, 0.3) is 0 Å². The van der Waals surface area contributed by atoms with Crippen LogP contribution in [0.15, 0.2) is 36.7 Å². The number of ether oxygens (including phenoxy) is 1. The van der Waals surface area contributed by atoms with E-state index in [4.69, 9.17) is 4.74 Å². The van der Waals surface area contributed by atoms with Gasteiger partial charge in [0, 0.05) is 37.0 Å². The maximum Gasteiger partial charge on any atom is 0.128 e. The zero-order chi connectivity index (χ0) is 16.9. The molecule has 6 heteroatoms. The summed E-state index contributed by atoms with van der Waals surface area (Å²) in [5.41, 5.74) is 1.70. The molecule has 5 nitrogen and oxygen atoms in total. The quantitative estimate of drug-likeness (QED) is 0.844. The van der Waals surface area contributed by atoms with Gasteiger partial charge in [-0.25, -0.2) is 4.39 Å². The molecular weight excluding hydrogens is 309 g/mol. The summed E-state index contributed by atoms with van der Waals surface area (Å²) in [4.78, 5) is 2.27. The Morgan fingerprint density at radius 3 is 3.00 bits per heavy atom. The molecule has 1 aromatic carbocycles. The van der Waals surface area contributed by atoms with Crippen molar-refractivity contribution >= 4 is 0 Å². The smallest absolute Gasteiger partial charge is 0.128 e. The van der Waals surface area contributed by atoms with Crippen LogP contribution in [-0.2, 0) is 18.4 Å². The Balaban J connectivity index is 1.47. The molecule has 0 spiro atoms. The molecule has 0 saturated carbocycles. The highest BCUT2D eigenvalue weighted by Crippen LogP contribution is 2.31. The molecule has 24 heavy (non-hydrogen) atoms. The Hall–Kier alpha value is -1.76. The van der Waals surface area contributed by atoms with Gasteiger partial charge in [-0.1, -0.05) is 18.2 Å². The third kappa shape index (κ3) is 4.20. The molecule has 1 aliphatic rings. The lowest BCUT2D eigenvalue weighted by Gasteiger charge is -2.26. The second-order valence-corrected chi connectivity index (χ2v) is 6.36. The van der Waals surface area contributed by atoms with Crippen LogP contribution in [0.5, 0.6) is 0 Å². The fraction of sp³-hybridized carbons (Fsp3) is 0.500. The topological polar surface area (TPSA) is 50.5 Å². The molecule has 0 amide bonds. The number of hydrogen-bond donors (Lipinski definition) is 1. The Bertz CT molecular complexity index is 661. The summed E-state index contributed by atoms with van der Waals surface area (Å²) in [6.45, 7) is 1.89. The van der Waals surface area contributed by atoms with Crippen molar-refractivity contribution in [1.82, 2.24) is 14.7 Å². The molecule has 1 saturated heterocycles. The first-order valence-electron chi connectivity index (χ1n) is 8.35. The molecule has 1 fully saturated rings. The van der Waals surface area contributed by atoms with Crippen molar-refractivity contribution in [2.75, 3.05) is 19.7 Å². The fourth-order valence-corrected chi connectivity index (χ4v) is 3.28. The number of aliphatic hydroxyl groups excluding tert-OH is 1. The van der Waals surface area contributed by atoms with E-state index in [0.29, 0.717) is 18.2 Å². The Kier molecular flexibility index (Phi) is 5.60. The van der Waals surface area contributed by atoms with E-state index in [1.165, 1.54) is 11.6 Å². The van der Waals surface area contributed by atoms with Crippen molar-refractivity contribution in [2.24, 2.45) is 7.05 Å². The van der Waals surface area contributed by atoms with E-state index in [9.17, 15) is 9.50 Å². The fourth-order valence-electron chi connectivity index (χ4n) is 3.28. The van der Waals surface area contributed by atoms with Gasteiger partial charge < -0.3 is 9.84 Å². The van der Waals surface area contributed by atoms with Crippen molar-refractivity contribution < 1.29 is 14.2 Å². The number of aromatic nitrogens is 2. The summed E-state index contributed by atoms with van der Waals surface area (Å²) in [6, 6.07) is 6.85. The van der Waals surface area contributed by atoms with Crippen LogP contribution < -0.4 is 0 Å². The van der Waals surface area contributed by atoms with Crippen LogP contribution in [0.4, 0.5) is 4.39 Å². The van der Waals surface area contributed by atoms with Crippen LogP contribution >= 0.6 is 0 Å². The van der Waals surface area contributed by atoms with E-state index >= 15 is 0 Å². The van der Waals surface area contributed by atoms with Gasteiger partial charge in [0.25, 0.3) is 0 Å². The van der Waals surface area contributed by atoms with Gasteiger partial charge in [0.15, 0.2) is 0 Å². The van der Waals surface area contributed by atoms with Gasteiger partial charge in [-0.3, -0.25) is 9.58 Å². The molecule has 0 aliphatic carbocycles. The minimum absolute atomic E-state index is 0.176. The highest BCUT2D eigenvalue weighted by Gasteiger charge is 2.28. The molecule has 0 bridgehead atoms. The molecule has 3 rings (SSSR count). The number of rotatable bonds is 7. The van der Waals surface area contributed by atoms with Crippen LogP contribution in [-0.4, -0.2) is 45.6 Å². The first-order chi connectivity index (χ1) is 11.6. The minimum Gasteiger partial charge on any atom is -0.389 e. The number of halogens is 1. The van der Waals surface area contributed by atoms with Gasteiger partial charge in [-0.2, -0.15) is 5.10 Å². The standard InChI is InChI=1S/C18H24FN3O2/c1-21-10-15(9-20-21)18-7-4-8-22(18)11-16(23)13-24-12-14-5-2-3-6-17(14)19/h2-3,5-6,9-10,16,18,23H,4,7-8,11-13H2,1H3/t16-,18-/m0/s1. The first kappa shape index (κ1) is 17.1. The van der Waals surface area contributed by atoms with Gasteiger partial charge in [0.1, 0.15) is 5.82 Å². The van der Waals surface area contributed by atoms with Crippen LogP contribution in [0.3, 0.4) is 0 Å². The van der Waals surface area contributed by atoms with E-state index in [1.54, 1.807) is 22.9 Å². The minimum atomic E-state index is -0.589. The lowest BCUT2D eigenvalue weighted by molar-refractivity contribution is 0.00698. The number of nitrogens with zero attached hydrogens (tertiary/aromatic N) is 3. The van der Waals surface area contributed by atoms with Crippen molar-refractivity contribution in [1.29, 1.82) is 0 Å². The van der Waals surface area contributed by atoms with Crippen LogP contribution in [0, 0.1) is 5.82 Å². The SMILES string of the molecule is Cn1cc([C@@H]2CCCN2C[C@H](O)COCc2ccccc2F)cn1. The summed E-state index contributed by atoms with van der Waals surface area (Å²) in [6.07, 6.45) is 5.53. The average molecular weight is 333 g/mol. The molecule has 1 aliphatic heterocycles.